The van der Waals surface area contributed by atoms with Crippen molar-refractivity contribution in [3.8, 4) is 0 Å². The molecule has 2 bridgehead atoms. The summed E-state index contributed by atoms with van der Waals surface area (Å²) in [4.78, 5) is 15.1. The molecule has 1 N–H and O–H groups in total. The Morgan fingerprint density at radius 1 is 1.14 bits per heavy atom. The summed E-state index contributed by atoms with van der Waals surface area (Å²) in [5.74, 6) is 0.0408. The molecule has 2 aliphatic rings. The number of likely N-dealkylation sites (tertiary alicyclic amines) is 1. The van der Waals surface area contributed by atoms with Gasteiger partial charge < -0.3 is 4.90 Å². The lowest BCUT2D eigenvalue weighted by molar-refractivity contribution is 0.0708. The number of carbonyl (C=O) groups is 1. The summed E-state index contributed by atoms with van der Waals surface area (Å²) in [6.07, 6.45) is 3.25. The highest BCUT2D eigenvalue weighted by molar-refractivity contribution is 7.94. The van der Waals surface area contributed by atoms with Gasteiger partial charge in [-0.3, -0.25) is 9.52 Å². The second-order valence-corrected chi connectivity index (χ2v) is 12.1. The molecule has 4 rings (SSSR count). The third-order valence-corrected chi connectivity index (χ3v) is 8.60. The number of benzene rings is 1. The van der Waals surface area contributed by atoms with Gasteiger partial charge >= 0.3 is 0 Å². The molecule has 150 valence electrons. The number of carbonyl (C=O) groups excluding carboxylic acids is 1. The minimum Gasteiger partial charge on any atom is -0.335 e. The van der Waals surface area contributed by atoms with Gasteiger partial charge in [0, 0.05) is 23.8 Å². The van der Waals surface area contributed by atoms with E-state index in [0.29, 0.717) is 17.3 Å². The fraction of sp³-hybridized carbons (Fsp3) is 0.476. The van der Waals surface area contributed by atoms with E-state index >= 15 is 0 Å². The Labute approximate surface area is 170 Å². The third-order valence-electron chi connectivity index (χ3n) is 5.82. The average molecular weight is 419 g/mol. The number of rotatable bonds is 4. The molecule has 28 heavy (non-hydrogen) atoms. The molecule has 2 fully saturated rings. The van der Waals surface area contributed by atoms with E-state index < -0.39 is 10.0 Å². The molecule has 1 aliphatic carbocycles. The lowest BCUT2D eigenvalue weighted by Crippen LogP contribution is -2.37. The first kappa shape index (κ1) is 19.5. The molecule has 1 aliphatic heterocycles. The highest BCUT2D eigenvalue weighted by atomic mass is 32.2. The monoisotopic (exact) mass is 418 g/mol. The minimum atomic E-state index is -3.58. The lowest BCUT2D eigenvalue weighted by atomic mass is 9.65. The molecule has 1 saturated heterocycles. The van der Waals surface area contributed by atoms with Crippen molar-refractivity contribution in [1.82, 2.24) is 4.90 Å². The van der Waals surface area contributed by atoms with Gasteiger partial charge in [0.15, 0.2) is 0 Å². The number of fused-ring (bicyclic) bond motifs is 2. The van der Waals surface area contributed by atoms with E-state index in [2.05, 4.69) is 25.5 Å². The normalized spacial score (nSPS) is 26.2. The molecular weight excluding hydrogens is 392 g/mol. The molecule has 1 aromatic heterocycles. The number of nitrogens with one attached hydrogen (secondary N) is 1. The molecule has 1 aromatic carbocycles. The van der Waals surface area contributed by atoms with E-state index in [-0.39, 0.29) is 20.9 Å². The maximum atomic E-state index is 13.1. The first-order valence-electron chi connectivity index (χ1n) is 9.54. The maximum Gasteiger partial charge on any atom is 0.271 e. The first-order chi connectivity index (χ1) is 13.1. The largest absolute Gasteiger partial charge is 0.335 e. The molecule has 0 radical (unpaired) electrons. The molecule has 7 heteroatoms. The highest BCUT2D eigenvalue weighted by Gasteiger charge is 2.50. The van der Waals surface area contributed by atoms with Gasteiger partial charge in [-0.1, -0.05) is 26.8 Å². The van der Waals surface area contributed by atoms with Crippen molar-refractivity contribution in [1.29, 1.82) is 0 Å². The second kappa shape index (κ2) is 6.59. The van der Waals surface area contributed by atoms with Crippen LogP contribution in [0, 0.1) is 10.8 Å². The zero-order valence-electron chi connectivity index (χ0n) is 16.4. The summed E-state index contributed by atoms with van der Waals surface area (Å²) in [5, 5.41) is 1.73. The molecule has 2 heterocycles. The Morgan fingerprint density at radius 3 is 2.50 bits per heavy atom. The number of amides is 1. The van der Waals surface area contributed by atoms with Crippen molar-refractivity contribution in [2.24, 2.45) is 10.8 Å². The van der Waals surface area contributed by atoms with E-state index in [9.17, 15) is 13.2 Å². The van der Waals surface area contributed by atoms with Crippen LogP contribution in [0.25, 0.3) is 0 Å². The van der Waals surface area contributed by atoms with E-state index in [1.807, 2.05) is 4.90 Å². The van der Waals surface area contributed by atoms with E-state index in [0.717, 1.165) is 25.8 Å². The Bertz CT molecular complexity index is 981. The van der Waals surface area contributed by atoms with E-state index in [1.165, 1.54) is 11.3 Å². The van der Waals surface area contributed by atoms with E-state index in [4.69, 9.17) is 0 Å². The summed E-state index contributed by atoms with van der Waals surface area (Å²) in [7, 11) is -3.58. The number of thiophene rings is 1. The van der Waals surface area contributed by atoms with Gasteiger partial charge in [-0.25, -0.2) is 8.42 Å². The number of hydrogen-bond acceptors (Lipinski definition) is 4. The van der Waals surface area contributed by atoms with Crippen LogP contribution in [0.1, 0.15) is 50.4 Å². The Hall–Kier alpha value is -1.86. The number of sulfonamides is 1. The molecule has 1 amide bonds. The summed E-state index contributed by atoms with van der Waals surface area (Å²) in [5.41, 5.74) is 1.51. The van der Waals surface area contributed by atoms with Crippen LogP contribution in [0.3, 0.4) is 0 Å². The Morgan fingerprint density at radius 2 is 1.86 bits per heavy atom. The van der Waals surface area contributed by atoms with Gasteiger partial charge in [-0.05, 0) is 65.8 Å². The zero-order valence-corrected chi connectivity index (χ0v) is 18.1. The SMILES string of the molecule is CC1(C)C[C@@H]2C[C@@](C)(CN2C(=O)c2ccc(NS(=O)(=O)c3cccs3)cc2)C1. The van der Waals surface area contributed by atoms with Crippen LogP contribution in [-0.4, -0.2) is 31.8 Å². The Kier molecular flexibility index (Phi) is 4.58. The van der Waals surface area contributed by atoms with Gasteiger partial charge in [0.05, 0.1) is 0 Å². The van der Waals surface area contributed by atoms with Crippen LogP contribution in [0.15, 0.2) is 46.0 Å². The summed E-state index contributed by atoms with van der Waals surface area (Å²) >= 11 is 1.17. The van der Waals surface area contributed by atoms with Crippen molar-refractivity contribution in [2.45, 2.75) is 50.3 Å². The average Bonchev–Trinajstić information content (AvgIpc) is 3.20. The quantitative estimate of drug-likeness (QED) is 0.790. The molecule has 1 saturated carbocycles. The molecule has 0 unspecified atom stereocenters. The van der Waals surface area contributed by atoms with Crippen molar-refractivity contribution >= 4 is 33.0 Å². The molecule has 2 atom stereocenters. The lowest BCUT2D eigenvalue weighted by Gasteiger charge is -2.39. The second-order valence-electron chi connectivity index (χ2n) is 9.26. The van der Waals surface area contributed by atoms with Crippen LogP contribution in [0.4, 0.5) is 5.69 Å². The van der Waals surface area contributed by atoms with Gasteiger partial charge in [0.1, 0.15) is 4.21 Å². The van der Waals surface area contributed by atoms with Gasteiger partial charge in [-0.15, -0.1) is 11.3 Å². The van der Waals surface area contributed by atoms with Gasteiger partial charge in [0.25, 0.3) is 15.9 Å². The fourth-order valence-electron chi connectivity index (χ4n) is 5.17. The smallest absolute Gasteiger partial charge is 0.271 e. The van der Waals surface area contributed by atoms with Crippen molar-refractivity contribution in [2.75, 3.05) is 11.3 Å². The standard InChI is InChI=1S/C21H26N2O3S2/c1-20(2)11-17-12-21(3,13-20)14-23(17)19(24)15-6-8-16(9-7-15)22-28(25,26)18-5-4-10-27-18/h4-10,17,22H,11-14H2,1-3H3/t17-,21-/m1/s1. The van der Waals surface area contributed by atoms with Crippen molar-refractivity contribution in [3.63, 3.8) is 0 Å². The van der Waals surface area contributed by atoms with Crippen LogP contribution >= 0.6 is 11.3 Å². The number of hydrogen-bond donors (Lipinski definition) is 1. The summed E-state index contributed by atoms with van der Waals surface area (Å²) in [6, 6.07) is 10.3. The maximum absolute atomic E-state index is 13.1. The predicted octanol–water partition coefficient (Wildman–Crippen LogP) is 4.59. The summed E-state index contributed by atoms with van der Waals surface area (Å²) in [6.45, 7) is 7.67. The van der Waals surface area contributed by atoms with Crippen LogP contribution in [0.5, 0.6) is 0 Å². The Balaban J connectivity index is 1.49. The first-order valence-corrected chi connectivity index (χ1v) is 11.9. The van der Waals surface area contributed by atoms with E-state index in [1.54, 1.807) is 41.8 Å². The summed E-state index contributed by atoms with van der Waals surface area (Å²) < 4.78 is 27.5. The van der Waals surface area contributed by atoms with Crippen LogP contribution < -0.4 is 4.72 Å². The van der Waals surface area contributed by atoms with Crippen molar-refractivity contribution in [3.05, 3.63) is 47.3 Å². The molecule has 0 spiro atoms. The van der Waals surface area contributed by atoms with Crippen molar-refractivity contribution < 1.29 is 13.2 Å². The highest BCUT2D eigenvalue weighted by Crippen LogP contribution is 2.52. The number of nitrogens with zero attached hydrogens (tertiary/aromatic N) is 1. The van der Waals surface area contributed by atoms with Crippen LogP contribution in [0.2, 0.25) is 0 Å². The van der Waals surface area contributed by atoms with Gasteiger partial charge in [0.2, 0.25) is 0 Å². The topological polar surface area (TPSA) is 66.5 Å². The fourth-order valence-corrected chi connectivity index (χ4v) is 7.22. The number of anilines is 1. The van der Waals surface area contributed by atoms with Gasteiger partial charge in [-0.2, -0.15) is 0 Å². The minimum absolute atomic E-state index is 0.0408. The van der Waals surface area contributed by atoms with Crippen LogP contribution in [-0.2, 0) is 10.0 Å². The predicted molar refractivity (Wildman–Crippen MR) is 112 cm³/mol. The molecular formula is C21H26N2O3S2. The molecule has 5 nitrogen and oxygen atoms in total. The third kappa shape index (κ3) is 3.70. The molecule has 2 aromatic rings. The zero-order chi connectivity index (χ0) is 20.2.